The Morgan fingerprint density at radius 1 is 0.750 bits per heavy atom. The SMILES string of the molecule is CC(C)(C)OC(=O)N1c2ccccc2C[C@@H]1C(=O)N1[C@@H](C(=O)C2Cc3c(ccc4ccccc34)CN2C(=O)O)CC[C@H]1c1ccccc1. The number of hydrogen-bond donors (Lipinski definition) is 1. The van der Waals surface area contributed by atoms with Gasteiger partial charge in [-0.25, -0.2) is 9.59 Å². The van der Waals surface area contributed by atoms with E-state index in [1.165, 1.54) is 9.80 Å². The lowest BCUT2D eigenvalue weighted by atomic mass is 9.86. The van der Waals surface area contributed by atoms with Crippen LogP contribution < -0.4 is 4.90 Å². The molecule has 3 amide bonds. The van der Waals surface area contributed by atoms with Crippen LogP contribution >= 0.6 is 0 Å². The Labute approximate surface area is 279 Å². The fourth-order valence-corrected chi connectivity index (χ4v) is 7.74. The second-order valence-electron chi connectivity index (χ2n) is 13.9. The van der Waals surface area contributed by atoms with Crippen molar-refractivity contribution in [1.29, 1.82) is 0 Å². The maximum absolute atomic E-state index is 15.0. The molecule has 0 spiro atoms. The summed E-state index contributed by atoms with van der Waals surface area (Å²) in [4.78, 5) is 60.4. The number of Topliss-reactive ketones (excluding diaryl/α,β-unsaturated/α-hetero) is 1. The first kappa shape index (κ1) is 31.4. The molecule has 48 heavy (non-hydrogen) atoms. The Morgan fingerprint density at radius 3 is 2.21 bits per heavy atom. The summed E-state index contributed by atoms with van der Waals surface area (Å²) in [5, 5.41) is 12.4. The number of amides is 3. The molecule has 1 N–H and O–H groups in total. The first-order valence-electron chi connectivity index (χ1n) is 16.5. The summed E-state index contributed by atoms with van der Waals surface area (Å²) in [5.74, 6) is -0.660. The third-order valence-electron chi connectivity index (χ3n) is 9.83. The first-order valence-corrected chi connectivity index (χ1v) is 16.5. The quantitative estimate of drug-likeness (QED) is 0.259. The zero-order valence-corrected chi connectivity index (χ0v) is 27.3. The van der Waals surface area contributed by atoms with Gasteiger partial charge in [-0.1, -0.05) is 84.9 Å². The van der Waals surface area contributed by atoms with Crippen molar-refractivity contribution < 1.29 is 29.0 Å². The highest BCUT2D eigenvalue weighted by Gasteiger charge is 2.51. The second kappa shape index (κ2) is 12.1. The van der Waals surface area contributed by atoms with Crippen LogP contribution in [0.2, 0.25) is 0 Å². The van der Waals surface area contributed by atoms with Crippen LogP contribution in [0.3, 0.4) is 0 Å². The minimum atomic E-state index is -1.18. The molecule has 1 unspecified atom stereocenters. The molecule has 3 aliphatic heterocycles. The Morgan fingerprint density at radius 2 is 1.46 bits per heavy atom. The van der Waals surface area contributed by atoms with Gasteiger partial charge in [0.1, 0.15) is 17.7 Å². The average molecular weight is 646 g/mol. The summed E-state index contributed by atoms with van der Waals surface area (Å²) >= 11 is 0. The van der Waals surface area contributed by atoms with Crippen molar-refractivity contribution in [2.24, 2.45) is 0 Å². The van der Waals surface area contributed by atoms with Gasteiger partial charge >= 0.3 is 12.2 Å². The summed E-state index contributed by atoms with van der Waals surface area (Å²) < 4.78 is 5.79. The molecular weight excluding hydrogens is 606 g/mol. The largest absolute Gasteiger partial charge is 0.465 e. The van der Waals surface area contributed by atoms with Crippen molar-refractivity contribution >= 4 is 40.3 Å². The van der Waals surface area contributed by atoms with Crippen LogP contribution in [-0.4, -0.2) is 62.5 Å². The summed E-state index contributed by atoms with van der Waals surface area (Å²) in [6.07, 6.45) is -0.408. The van der Waals surface area contributed by atoms with E-state index in [0.717, 1.165) is 33.0 Å². The molecule has 4 aromatic rings. The molecule has 9 nitrogen and oxygen atoms in total. The number of fused-ring (bicyclic) bond motifs is 4. The molecule has 3 heterocycles. The van der Waals surface area contributed by atoms with E-state index in [1.54, 1.807) is 25.7 Å². The van der Waals surface area contributed by atoms with Gasteiger partial charge in [0.2, 0.25) is 5.91 Å². The standard InChI is InChI=1S/C39H39N3O6/c1-39(2,3)48-38(47)42-30-16-10-8-14-26(30)21-34(42)36(44)41-31(25-12-5-4-6-13-25)19-20-32(41)35(43)33-22-29-27(23-40(33)37(45)46)18-17-24-11-7-9-15-28(24)29/h4-18,31-34H,19-23H2,1-3H3,(H,45,46)/t31-,32+,33?,34+/m0/s1. The molecule has 0 aromatic heterocycles. The van der Waals surface area contributed by atoms with E-state index in [2.05, 4.69) is 0 Å². The van der Waals surface area contributed by atoms with Gasteiger partial charge in [0, 0.05) is 12.8 Å². The van der Waals surface area contributed by atoms with Crippen LogP contribution in [0.1, 0.15) is 61.9 Å². The molecule has 4 atom stereocenters. The fourth-order valence-electron chi connectivity index (χ4n) is 7.74. The van der Waals surface area contributed by atoms with E-state index in [1.807, 2.05) is 91.0 Å². The van der Waals surface area contributed by atoms with Crippen LogP contribution in [-0.2, 0) is 33.7 Å². The van der Waals surface area contributed by atoms with E-state index in [9.17, 15) is 24.3 Å². The smallest absolute Gasteiger partial charge is 0.415 e. The lowest BCUT2D eigenvalue weighted by molar-refractivity contribution is -0.142. The Bertz CT molecular complexity index is 1920. The molecule has 1 saturated heterocycles. The lowest BCUT2D eigenvalue weighted by Crippen LogP contribution is -2.57. The molecule has 3 aliphatic rings. The predicted octanol–water partition coefficient (Wildman–Crippen LogP) is 6.91. The number of benzene rings is 4. The van der Waals surface area contributed by atoms with E-state index < -0.39 is 42.0 Å². The van der Waals surface area contributed by atoms with Gasteiger partial charge in [-0.2, -0.15) is 0 Å². The van der Waals surface area contributed by atoms with Gasteiger partial charge in [0.25, 0.3) is 0 Å². The topological polar surface area (TPSA) is 107 Å². The summed E-state index contributed by atoms with van der Waals surface area (Å²) in [6.45, 7) is 5.43. The number of anilines is 1. The van der Waals surface area contributed by atoms with Crippen LogP contribution in [0.4, 0.5) is 15.3 Å². The maximum atomic E-state index is 15.0. The zero-order chi connectivity index (χ0) is 33.7. The highest BCUT2D eigenvalue weighted by Crippen LogP contribution is 2.42. The molecule has 0 radical (unpaired) electrons. The zero-order valence-electron chi connectivity index (χ0n) is 27.3. The van der Waals surface area contributed by atoms with E-state index in [-0.39, 0.29) is 31.1 Å². The third kappa shape index (κ3) is 5.57. The molecule has 1 fully saturated rings. The van der Waals surface area contributed by atoms with Crippen molar-refractivity contribution in [3.63, 3.8) is 0 Å². The van der Waals surface area contributed by atoms with Gasteiger partial charge in [0.05, 0.1) is 24.3 Å². The van der Waals surface area contributed by atoms with E-state index >= 15 is 0 Å². The number of carbonyl (C=O) groups is 4. The minimum absolute atomic E-state index is 0.0824. The number of nitrogens with zero attached hydrogens (tertiary/aromatic N) is 3. The molecule has 9 heteroatoms. The minimum Gasteiger partial charge on any atom is -0.465 e. The maximum Gasteiger partial charge on any atom is 0.415 e. The number of ketones is 1. The van der Waals surface area contributed by atoms with Gasteiger partial charge in [0.15, 0.2) is 5.78 Å². The number of hydrogen-bond acceptors (Lipinski definition) is 5. The van der Waals surface area contributed by atoms with E-state index in [4.69, 9.17) is 4.74 Å². The van der Waals surface area contributed by atoms with Crippen molar-refractivity contribution in [2.75, 3.05) is 4.90 Å². The lowest BCUT2D eigenvalue weighted by Gasteiger charge is -2.39. The van der Waals surface area contributed by atoms with Gasteiger partial charge in [-0.15, -0.1) is 0 Å². The number of ether oxygens (including phenoxy) is 1. The second-order valence-corrected chi connectivity index (χ2v) is 13.9. The molecule has 246 valence electrons. The van der Waals surface area contributed by atoms with Crippen molar-refractivity contribution in [3.05, 3.63) is 113 Å². The number of para-hydroxylation sites is 1. The molecule has 0 aliphatic carbocycles. The summed E-state index contributed by atoms with van der Waals surface area (Å²) in [6, 6.07) is 25.6. The highest BCUT2D eigenvalue weighted by molar-refractivity contribution is 6.03. The van der Waals surface area contributed by atoms with Crippen LogP contribution in [0, 0.1) is 0 Å². The van der Waals surface area contributed by atoms with Crippen molar-refractivity contribution in [2.45, 2.75) is 82.8 Å². The molecular formula is C39H39N3O6. The number of carboxylic acid groups (broad SMARTS) is 1. The number of carbonyl (C=O) groups excluding carboxylic acids is 3. The average Bonchev–Trinajstić information content (AvgIpc) is 3.69. The molecule has 7 rings (SSSR count). The molecule has 0 saturated carbocycles. The molecule has 0 bridgehead atoms. The van der Waals surface area contributed by atoms with Crippen LogP contribution in [0.15, 0.2) is 91.0 Å². The normalized spacial score (nSPS) is 21.9. The monoisotopic (exact) mass is 645 g/mol. The van der Waals surface area contributed by atoms with Gasteiger partial charge in [-0.05, 0) is 72.7 Å². The highest BCUT2D eigenvalue weighted by atomic mass is 16.6. The van der Waals surface area contributed by atoms with Crippen molar-refractivity contribution in [3.8, 4) is 0 Å². The number of rotatable bonds is 4. The summed E-state index contributed by atoms with van der Waals surface area (Å²) in [5.41, 5.74) is 3.38. The van der Waals surface area contributed by atoms with Gasteiger partial charge < -0.3 is 14.7 Å². The predicted molar refractivity (Wildman–Crippen MR) is 182 cm³/mol. The molecule has 4 aromatic carbocycles. The van der Waals surface area contributed by atoms with Crippen LogP contribution in [0.5, 0.6) is 0 Å². The van der Waals surface area contributed by atoms with E-state index in [0.29, 0.717) is 18.5 Å². The van der Waals surface area contributed by atoms with Crippen LogP contribution in [0.25, 0.3) is 10.8 Å². The summed E-state index contributed by atoms with van der Waals surface area (Å²) in [7, 11) is 0. The third-order valence-corrected chi connectivity index (χ3v) is 9.83. The van der Waals surface area contributed by atoms with Crippen molar-refractivity contribution in [1.82, 2.24) is 9.80 Å². The Hall–Kier alpha value is -5.18. The first-order chi connectivity index (χ1) is 23.0. The Balaban J connectivity index is 1.28. The number of likely N-dealkylation sites (tertiary alicyclic amines) is 1. The Kier molecular flexibility index (Phi) is 7.93. The van der Waals surface area contributed by atoms with Gasteiger partial charge in [-0.3, -0.25) is 19.4 Å². The fraction of sp³-hybridized carbons (Fsp3) is 0.333.